The molecule has 0 radical (unpaired) electrons. The van der Waals surface area contributed by atoms with Gasteiger partial charge < -0.3 is 0 Å². The van der Waals surface area contributed by atoms with Gasteiger partial charge in [0.05, 0.1) is 0 Å². The highest BCUT2D eigenvalue weighted by molar-refractivity contribution is 5.43. The van der Waals surface area contributed by atoms with E-state index in [1.807, 2.05) is 5.57 Å². The highest BCUT2D eigenvalue weighted by atomic mass is 14.6. The Kier molecular flexibility index (Phi) is 0.788. The molecule has 0 amide bonds. The summed E-state index contributed by atoms with van der Waals surface area (Å²) in [5.41, 5.74) is 2.46. The number of fused-ring (bicyclic) bond motifs is 3. The van der Waals surface area contributed by atoms with Crippen LogP contribution in [0.3, 0.4) is 0 Å². The van der Waals surface area contributed by atoms with Crippen molar-refractivity contribution in [1.29, 1.82) is 0 Å². The molecule has 12 heavy (non-hydrogen) atoms. The largest absolute Gasteiger partial charge is 0.0841 e. The van der Waals surface area contributed by atoms with Crippen molar-refractivity contribution in [2.75, 3.05) is 0 Å². The molecule has 0 aromatic carbocycles. The van der Waals surface area contributed by atoms with Crippen molar-refractivity contribution in [3.63, 3.8) is 0 Å². The molecule has 2 bridgehead atoms. The maximum absolute atomic E-state index is 2.54. The second-order valence-electron chi connectivity index (χ2n) is 5.01. The van der Waals surface area contributed by atoms with Gasteiger partial charge in [0.15, 0.2) is 0 Å². The van der Waals surface area contributed by atoms with Crippen molar-refractivity contribution < 1.29 is 0 Å². The Balaban J connectivity index is 1.97. The summed E-state index contributed by atoms with van der Waals surface area (Å²) in [7, 11) is 0. The molecule has 4 rings (SSSR count). The van der Waals surface area contributed by atoms with E-state index in [4.69, 9.17) is 0 Å². The third-order valence-corrected chi connectivity index (χ3v) is 4.89. The minimum atomic E-state index is 0.642. The summed E-state index contributed by atoms with van der Waals surface area (Å²) in [6, 6.07) is 0. The molecule has 0 saturated heterocycles. The molecule has 2 saturated carbocycles. The van der Waals surface area contributed by atoms with E-state index in [1.165, 1.54) is 25.7 Å². The van der Waals surface area contributed by atoms with Gasteiger partial charge in [0.25, 0.3) is 0 Å². The van der Waals surface area contributed by atoms with Gasteiger partial charge in [0.1, 0.15) is 0 Å². The van der Waals surface area contributed by atoms with Crippen molar-refractivity contribution in [2.45, 2.75) is 25.7 Å². The van der Waals surface area contributed by atoms with Crippen molar-refractivity contribution in [3.05, 3.63) is 23.8 Å². The monoisotopic (exact) mass is 158 g/mol. The van der Waals surface area contributed by atoms with Gasteiger partial charge in [-0.05, 0) is 43.4 Å². The SMILES string of the molecule is C1=CC23C4=CCC(C4)C2CCC13. The summed E-state index contributed by atoms with van der Waals surface area (Å²) in [6.07, 6.45) is 13.4. The zero-order valence-electron chi connectivity index (χ0n) is 7.29. The molecule has 0 aliphatic heterocycles. The molecule has 62 valence electrons. The molecule has 4 unspecified atom stereocenters. The second kappa shape index (κ2) is 1.57. The Bertz CT molecular complexity index is 310. The van der Waals surface area contributed by atoms with Crippen molar-refractivity contribution >= 4 is 0 Å². The Morgan fingerprint density at radius 2 is 2.33 bits per heavy atom. The summed E-state index contributed by atoms with van der Waals surface area (Å²) in [5, 5.41) is 0. The predicted molar refractivity (Wildman–Crippen MR) is 48.6 cm³/mol. The van der Waals surface area contributed by atoms with Crippen LogP contribution in [0.25, 0.3) is 0 Å². The fraction of sp³-hybridized carbons (Fsp3) is 0.667. The summed E-state index contributed by atoms with van der Waals surface area (Å²) < 4.78 is 0. The lowest BCUT2D eigenvalue weighted by molar-refractivity contribution is 0.235. The topological polar surface area (TPSA) is 0 Å². The van der Waals surface area contributed by atoms with Crippen LogP contribution in [0.5, 0.6) is 0 Å². The lowest BCUT2D eigenvalue weighted by Gasteiger charge is -2.42. The van der Waals surface area contributed by atoms with Crippen LogP contribution in [0.2, 0.25) is 0 Å². The molecule has 4 aliphatic carbocycles. The molecule has 2 fully saturated rings. The third kappa shape index (κ3) is 0.396. The lowest BCUT2D eigenvalue weighted by Crippen LogP contribution is -2.35. The van der Waals surface area contributed by atoms with E-state index < -0.39 is 0 Å². The average Bonchev–Trinajstić information content (AvgIpc) is 2.64. The molecule has 0 aromatic rings. The maximum atomic E-state index is 2.54. The van der Waals surface area contributed by atoms with Crippen molar-refractivity contribution in [3.8, 4) is 0 Å². The highest BCUT2D eigenvalue weighted by Gasteiger charge is 2.61. The predicted octanol–water partition coefficient (Wildman–Crippen LogP) is 2.92. The molecule has 0 N–H and O–H groups in total. The van der Waals surface area contributed by atoms with E-state index in [-0.39, 0.29) is 0 Å². The number of hydrogen-bond donors (Lipinski definition) is 0. The quantitative estimate of drug-likeness (QED) is 0.475. The van der Waals surface area contributed by atoms with E-state index in [2.05, 4.69) is 18.2 Å². The standard InChI is InChI=1S/C12H14/c1-2-10-7-8(1)11-4-3-9-5-6-12(9,10)11/h2,5-6,8-9,11H,1,3-4,7H2. The van der Waals surface area contributed by atoms with Crippen molar-refractivity contribution in [1.82, 2.24) is 0 Å². The molecular formula is C12H14. The summed E-state index contributed by atoms with van der Waals surface area (Å²) in [4.78, 5) is 0. The summed E-state index contributed by atoms with van der Waals surface area (Å²) >= 11 is 0. The zero-order chi connectivity index (χ0) is 7.76. The number of allylic oxidation sites excluding steroid dienone is 4. The van der Waals surface area contributed by atoms with E-state index in [1.54, 1.807) is 0 Å². The van der Waals surface area contributed by atoms with Crippen LogP contribution in [0, 0.1) is 23.2 Å². The first-order chi connectivity index (χ1) is 5.91. The van der Waals surface area contributed by atoms with Gasteiger partial charge in [0.2, 0.25) is 0 Å². The number of hydrogen-bond acceptors (Lipinski definition) is 0. The van der Waals surface area contributed by atoms with Crippen LogP contribution < -0.4 is 0 Å². The van der Waals surface area contributed by atoms with Gasteiger partial charge >= 0.3 is 0 Å². The average molecular weight is 158 g/mol. The van der Waals surface area contributed by atoms with Crippen molar-refractivity contribution in [2.24, 2.45) is 23.2 Å². The van der Waals surface area contributed by atoms with Gasteiger partial charge in [-0.25, -0.2) is 0 Å². The molecule has 0 heterocycles. The van der Waals surface area contributed by atoms with Crippen LogP contribution in [0.4, 0.5) is 0 Å². The van der Waals surface area contributed by atoms with Gasteiger partial charge in [-0.3, -0.25) is 0 Å². The normalized spacial score (nSPS) is 58.0. The van der Waals surface area contributed by atoms with Gasteiger partial charge in [0, 0.05) is 5.41 Å². The van der Waals surface area contributed by atoms with Crippen LogP contribution in [0.15, 0.2) is 23.8 Å². The first-order valence-corrected chi connectivity index (χ1v) is 5.30. The maximum Gasteiger partial charge on any atom is 0.0185 e. The van der Waals surface area contributed by atoms with E-state index in [0.29, 0.717) is 5.41 Å². The fourth-order valence-corrected chi connectivity index (χ4v) is 4.38. The fourth-order valence-electron chi connectivity index (χ4n) is 4.38. The third-order valence-electron chi connectivity index (χ3n) is 4.89. The molecule has 0 heteroatoms. The lowest BCUT2D eigenvalue weighted by atomic mass is 9.61. The van der Waals surface area contributed by atoms with Crippen LogP contribution in [0.1, 0.15) is 25.7 Å². The molecule has 4 aliphatic rings. The summed E-state index contributed by atoms with van der Waals surface area (Å²) in [6.45, 7) is 0. The zero-order valence-corrected chi connectivity index (χ0v) is 7.29. The molecule has 0 aromatic heterocycles. The van der Waals surface area contributed by atoms with Crippen LogP contribution in [-0.2, 0) is 0 Å². The van der Waals surface area contributed by atoms with Gasteiger partial charge in [-0.15, -0.1) is 0 Å². The number of rotatable bonds is 0. The minimum Gasteiger partial charge on any atom is -0.0841 e. The molecular weight excluding hydrogens is 144 g/mol. The van der Waals surface area contributed by atoms with E-state index in [9.17, 15) is 0 Å². The van der Waals surface area contributed by atoms with Crippen LogP contribution in [-0.4, -0.2) is 0 Å². The Morgan fingerprint density at radius 1 is 1.33 bits per heavy atom. The van der Waals surface area contributed by atoms with Gasteiger partial charge in [-0.2, -0.15) is 0 Å². The summed E-state index contributed by atoms with van der Waals surface area (Å²) in [5.74, 6) is 3.07. The van der Waals surface area contributed by atoms with Crippen LogP contribution >= 0.6 is 0 Å². The molecule has 4 atom stereocenters. The minimum absolute atomic E-state index is 0.642. The smallest absolute Gasteiger partial charge is 0.0185 e. The molecule has 1 spiro atoms. The Labute approximate surface area is 73.4 Å². The second-order valence-corrected chi connectivity index (χ2v) is 5.01. The first kappa shape index (κ1) is 6.01. The Hall–Kier alpha value is -0.520. The first-order valence-electron chi connectivity index (χ1n) is 5.30. The molecule has 0 nitrogen and oxygen atoms in total. The van der Waals surface area contributed by atoms with Gasteiger partial charge in [-0.1, -0.05) is 23.8 Å². The highest BCUT2D eigenvalue weighted by Crippen LogP contribution is 2.70. The van der Waals surface area contributed by atoms with E-state index >= 15 is 0 Å². The Morgan fingerprint density at radius 3 is 3.08 bits per heavy atom. The van der Waals surface area contributed by atoms with E-state index in [0.717, 1.165) is 17.8 Å².